The molecule has 2 heterocycles. The van der Waals surface area contributed by atoms with Crippen molar-refractivity contribution in [2.24, 2.45) is 16.8 Å². The Balaban J connectivity index is 1.16. The third-order valence-electron chi connectivity index (χ3n) is 9.87. The molecule has 3 aromatic carbocycles. The van der Waals surface area contributed by atoms with Crippen molar-refractivity contribution in [1.82, 2.24) is 25.1 Å². The normalized spacial score (nSPS) is 21.6. The molecule has 1 aliphatic heterocycles. The van der Waals surface area contributed by atoms with Gasteiger partial charge in [0, 0.05) is 36.3 Å². The number of hydrogen-bond donors (Lipinski definition) is 2. The molecule has 2 fully saturated rings. The Hall–Kier alpha value is -4.11. The average molecular weight is 667 g/mol. The minimum atomic E-state index is -0.835. The highest BCUT2D eigenvalue weighted by Crippen LogP contribution is 2.47. The monoisotopic (exact) mass is 666 g/mol. The van der Waals surface area contributed by atoms with Crippen LogP contribution in [-0.4, -0.2) is 81.6 Å². The van der Waals surface area contributed by atoms with E-state index in [2.05, 4.69) is 115 Å². The van der Waals surface area contributed by atoms with Gasteiger partial charge in [-0.05, 0) is 84.5 Å². The molecule has 48 heavy (non-hydrogen) atoms. The highest BCUT2D eigenvalue weighted by Gasteiger charge is 2.37. The first-order chi connectivity index (χ1) is 23.0. The third kappa shape index (κ3) is 7.46. The van der Waals surface area contributed by atoms with Crippen LogP contribution in [0.3, 0.4) is 0 Å². The van der Waals surface area contributed by atoms with Crippen molar-refractivity contribution in [3.05, 3.63) is 72.2 Å². The van der Waals surface area contributed by atoms with E-state index in [1.54, 1.807) is 6.20 Å². The number of rotatable bonds is 12. The summed E-state index contributed by atoms with van der Waals surface area (Å²) in [5.41, 5.74) is 6.09. The Bertz CT molecular complexity index is 1830. The van der Waals surface area contributed by atoms with E-state index in [0.717, 1.165) is 80.9 Å². The van der Waals surface area contributed by atoms with Gasteiger partial charge in [0.05, 0.1) is 35.2 Å². The molecule has 0 bridgehead atoms. The predicted molar refractivity (Wildman–Crippen MR) is 202 cm³/mol. The SMILES string of the molecule is C=N/C=C(\NCC1CS(C)(C)CN1C(=O)CC(C)C)c1ccc(-c2ccc3c(ccc4[nH]c(CN(C=O)C5CCC(C)C5)nc43)c2)cc1. The summed E-state index contributed by atoms with van der Waals surface area (Å²) in [4.78, 5) is 41.5. The first-order valence-electron chi connectivity index (χ1n) is 17.1. The third-order valence-corrected chi connectivity index (χ3v) is 12.1. The summed E-state index contributed by atoms with van der Waals surface area (Å²) in [7, 11) is -0.835. The number of imidazole rings is 1. The van der Waals surface area contributed by atoms with Crippen LogP contribution in [0.15, 0.2) is 65.8 Å². The number of carbonyl (C=O) groups is 2. The molecule has 1 aromatic heterocycles. The molecule has 3 unspecified atom stereocenters. The van der Waals surface area contributed by atoms with Crippen LogP contribution in [0.5, 0.6) is 0 Å². The van der Waals surface area contributed by atoms with E-state index in [1.807, 2.05) is 4.90 Å². The highest BCUT2D eigenvalue weighted by atomic mass is 32.3. The minimum absolute atomic E-state index is 0.170. The molecular formula is C39H50N6O2S. The zero-order valence-corrected chi connectivity index (χ0v) is 29.9. The summed E-state index contributed by atoms with van der Waals surface area (Å²) in [6.07, 6.45) is 11.3. The van der Waals surface area contributed by atoms with Crippen LogP contribution in [0.1, 0.15) is 57.8 Å². The van der Waals surface area contributed by atoms with Crippen molar-refractivity contribution in [1.29, 1.82) is 0 Å². The lowest BCUT2D eigenvalue weighted by molar-refractivity contribution is -0.132. The number of benzene rings is 3. The van der Waals surface area contributed by atoms with E-state index in [4.69, 9.17) is 4.98 Å². The summed E-state index contributed by atoms with van der Waals surface area (Å²) in [5, 5.41) is 5.82. The first-order valence-corrected chi connectivity index (χ1v) is 19.9. The van der Waals surface area contributed by atoms with Crippen LogP contribution in [-0.2, 0) is 16.1 Å². The van der Waals surface area contributed by atoms with Crippen molar-refractivity contribution >= 4 is 56.6 Å². The van der Waals surface area contributed by atoms with Crippen molar-refractivity contribution < 1.29 is 9.59 Å². The molecule has 0 spiro atoms. The molecule has 3 atom stereocenters. The zero-order valence-electron chi connectivity index (χ0n) is 29.0. The lowest BCUT2D eigenvalue weighted by Gasteiger charge is -2.27. The van der Waals surface area contributed by atoms with Crippen LogP contribution < -0.4 is 5.32 Å². The molecule has 9 heteroatoms. The van der Waals surface area contributed by atoms with E-state index < -0.39 is 10.0 Å². The van der Waals surface area contributed by atoms with E-state index in [0.29, 0.717) is 37.4 Å². The van der Waals surface area contributed by atoms with Gasteiger partial charge in [-0.2, -0.15) is 0 Å². The number of H-pyrrole nitrogens is 1. The van der Waals surface area contributed by atoms with Gasteiger partial charge in [0.25, 0.3) is 0 Å². The van der Waals surface area contributed by atoms with E-state index in [-0.39, 0.29) is 11.9 Å². The van der Waals surface area contributed by atoms with Crippen LogP contribution in [0.2, 0.25) is 0 Å². The Kier molecular flexibility index (Phi) is 9.97. The predicted octanol–water partition coefficient (Wildman–Crippen LogP) is 7.40. The second-order valence-corrected chi connectivity index (χ2v) is 18.9. The second-order valence-electron chi connectivity index (χ2n) is 14.8. The Labute approximate surface area is 286 Å². The number of carbonyl (C=O) groups excluding carboxylic acids is 2. The topological polar surface area (TPSA) is 93.7 Å². The number of fused-ring (bicyclic) bond motifs is 3. The van der Waals surface area contributed by atoms with Gasteiger partial charge in [0.2, 0.25) is 12.3 Å². The zero-order chi connectivity index (χ0) is 34.0. The number of aliphatic imine (C=N–C) groups is 1. The van der Waals surface area contributed by atoms with Crippen molar-refractivity contribution in [3.8, 4) is 11.1 Å². The fourth-order valence-corrected chi connectivity index (χ4v) is 10.0. The first kappa shape index (κ1) is 33.8. The molecule has 2 aliphatic rings. The fraction of sp³-hybridized carbons (Fsp3) is 0.436. The molecule has 4 aromatic rings. The molecule has 1 aliphatic carbocycles. The number of amides is 2. The number of nitrogens with one attached hydrogen (secondary N) is 2. The molecule has 6 rings (SSSR count). The largest absolute Gasteiger partial charge is 0.381 e. The van der Waals surface area contributed by atoms with Crippen molar-refractivity contribution in [2.75, 3.05) is 30.7 Å². The molecular weight excluding hydrogens is 617 g/mol. The smallest absolute Gasteiger partial charge is 0.223 e. The van der Waals surface area contributed by atoms with Gasteiger partial charge in [-0.15, -0.1) is 0 Å². The molecule has 8 nitrogen and oxygen atoms in total. The van der Waals surface area contributed by atoms with Crippen molar-refractivity contribution in [2.45, 2.75) is 65.1 Å². The standard InChI is InChI=1S/C39H50N6O2S/c1-26(2)17-38(47)45-25-48(5,6)23-33(45)20-41-36(21-40-4)29-10-8-28(9-11-29)30-12-15-34-31(19-30)13-16-35-39(34)43-37(42-35)22-44(24-46)32-14-7-27(3)18-32/h8-13,15-16,19,21,24,26-27,32-33,41H,4,7,14,17-18,20,22-23,25H2,1-3,5-6H3,(H,42,43)/b36-21-. The Morgan fingerprint density at radius 1 is 1.15 bits per heavy atom. The van der Waals surface area contributed by atoms with Gasteiger partial charge < -0.3 is 20.1 Å². The van der Waals surface area contributed by atoms with Gasteiger partial charge in [0.15, 0.2) is 0 Å². The second kappa shape index (κ2) is 14.2. The Morgan fingerprint density at radius 2 is 1.92 bits per heavy atom. The summed E-state index contributed by atoms with van der Waals surface area (Å²) in [6, 6.07) is 19.7. The van der Waals surface area contributed by atoms with E-state index >= 15 is 0 Å². The lowest BCUT2D eigenvalue weighted by atomic mass is 9.99. The molecule has 0 radical (unpaired) electrons. The molecule has 254 valence electrons. The van der Waals surface area contributed by atoms with Gasteiger partial charge in [-0.1, -0.05) is 63.2 Å². The molecule has 1 saturated carbocycles. The number of nitrogens with zero attached hydrogens (tertiary/aromatic N) is 4. The lowest BCUT2D eigenvalue weighted by Crippen LogP contribution is -2.42. The van der Waals surface area contributed by atoms with Gasteiger partial charge in [-0.3, -0.25) is 14.6 Å². The number of aromatic amines is 1. The summed E-state index contributed by atoms with van der Waals surface area (Å²) in [5.74, 6) is 4.01. The molecule has 2 N–H and O–H groups in total. The minimum Gasteiger partial charge on any atom is -0.381 e. The van der Waals surface area contributed by atoms with Crippen LogP contribution in [0.4, 0.5) is 0 Å². The van der Waals surface area contributed by atoms with Crippen LogP contribution >= 0.6 is 10.0 Å². The fourth-order valence-electron chi connectivity index (χ4n) is 7.45. The summed E-state index contributed by atoms with van der Waals surface area (Å²) in [6.45, 7) is 11.4. The van der Waals surface area contributed by atoms with E-state index in [9.17, 15) is 9.59 Å². The van der Waals surface area contributed by atoms with Crippen molar-refractivity contribution in [3.63, 3.8) is 0 Å². The summed E-state index contributed by atoms with van der Waals surface area (Å²) < 4.78 is 0. The van der Waals surface area contributed by atoms with Gasteiger partial charge >= 0.3 is 0 Å². The quantitative estimate of drug-likeness (QED) is 0.122. The average Bonchev–Trinajstić information content (AvgIpc) is 3.77. The molecule has 1 saturated heterocycles. The number of hydrogen-bond acceptors (Lipinski definition) is 5. The Morgan fingerprint density at radius 3 is 2.60 bits per heavy atom. The highest BCUT2D eigenvalue weighted by molar-refractivity contribution is 8.32. The van der Waals surface area contributed by atoms with Crippen LogP contribution in [0, 0.1) is 11.8 Å². The van der Waals surface area contributed by atoms with Gasteiger partial charge in [-0.25, -0.2) is 15.0 Å². The maximum Gasteiger partial charge on any atom is 0.223 e. The maximum absolute atomic E-state index is 13.1. The van der Waals surface area contributed by atoms with Crippen LogP contribution in [0.25, 0.3) is 38.6 Å². The molecule has 2 amide bonds. The van der Waals surface area contributed by atoms with E-state index in [1.165, 1.54) is 6.42 Å². The summed E-state index contributed by atoms with van der Waals surface area (Å²) >= 11 is 0. The number of aromatic nitrogens is 2. The van der Waals surface area contributed by atoms with Gasteiger partial charge in [0.1, 0.15) is 5.82 Å². The maximum atomic E-state index is 13.1.